The molecule has 1 aliphatic heterocycles. The van der Waals surface area contributed by atoms with Gasteiger partial charge in [-0.05, 0) is 61.0 Å². The molecule has 3 rings (SSSR count). The first-order chi connectivity index (χ1) is 10.1. The van der Waals surface area contributed by atoms with Gasteiger partial charge in [0.2, 0.25) is 0 Å². The van der Waals surface area contributed by atoms with Gasteiger partial charge in [0.05, 0.1) is 4.88 Å². The first kappa shape index (κ1) is 17.2. The lowest BCUT2D eigenvalue weighted by atomic mass is 9.81. The first-order valence-corrected chi connectivity index (χ1v) is 8.05. The van der Waals surface area contributed by atoms with Gasteiger partial charge in [0.1, 0.15) is 5.82 Å². The van der Waals surface area contributed by atoms with Crippen LogP contribution >= 0.6 is 23.7 Å². The minimum atomic E-state index is -0.269. The predicted molar refractivity (Wildman–Crippen MR) is 91.6 cm³/mol. The Hall–Kier alpha value is -1.17. The van der Waals surface area contributed by atoms with Crippen LogP contribution in [0.15, 0.2) is 24.3 Å². The molecule has 1 saturated heterocycles. The van der Waals surface area contributed by atoms with Gasteiger partial charge in [-0.2, -0.15) is 0 Å². The van der Waals surface area contributed by atoms with E-state index in [1.807, 2.05) is 0 Å². The summed E-state index contributed by atoms with van der Waals surface area (Å²) in [5.41, 5.74) is 0.170. The molecule has 0 saturated carbocycles. The maximum atomic E-state index is 13.2. The van der Waals surface area contributed by atoms with Crippen LogP contribution in [0.2, 0.25) is 0 Å². The van der Waals surface area contributed by atoms with Crippen LogP contribution < -0.4 is 10.6 Å². The Bertz CT molecular complexity index is 667. The van der Waals surface area contributed by atoms with Gasteiger partial charge < -0.3 is 10.6 Å². The van der Waals surface area contributed by atoms with Crippen LogP contribution in [-0.4, -0.2) is 25.5 Å². The molecule has 0 spiro atoms. The van der Waals surface area contributed by atoms with Crippen molar-refractivity contribution in [2.75, 3.05) is 19.6 Å². The van der Waals surface area contributed by atoms with Crippen molar-refractivity contribution in [2.45, 2.75) is 19.8 Å². The minimum Gasteiger partial charge on any atom is -0.351 e. The van der Waals surface area contributed by atoms with E-state index in [0.29, 0.717) is 11.4 Å². The van der Waals surface area contributed by atoms with E-state index in [-0.39, 0.29) is 29.5 Å². The number of hydrogen-bond acceptors (Lipinski definition) is 3. The fraction of sp³-hybridized carbons (Fsp3) is 0.438. The van der Waals surface area contributed by atoms with Crippen molar-refractivity contribution in [3.8, 4) is 0 Å². The van der Waals surface area contributed by atoms with E-state index in [1.54, 1.807) is 12.1 Å². The second-order valence-electron chi connectivity index (χ2n) is 6.04. The largest absolute Gasteiger partial charge is 0.351 e. The van der Waals surface area contributed by atoms with E-state index in [4.69, 9.17) is 0 Å². The fourth-order valence-electron chi connectivity index (χ4n) is 2.71. The number of nitrogens with one attached hydrogen (secondary N) is 2. The zero-order valence-electron chi connectivity index (χ0n) is 12.4. The van der Waals surface area contributed by atoms with Crippen LogP contribution in [0.5, 0.6) is 0 Å². The van der Waals surface area contributed by atoms with Crippen molar-refractivity contribution in [2.24, 2.45) is 5.41 Å². The molecule has 1 aromatic carbocycles. The van der Waals surface area contributed by atoms with E-state index in [2.05, 4.69) is 17.6 Å². The lowest BCUT2D eigenvalue weighted by Crippen LogP contribution is -2.42. The maximum absolute atomic E-state index is 13.2. The quantitative estimate of drug-likeness (QED) is 0.895. The number of thiophene rings is 1. The number of piperidine rings is 1. The van der Waals surface area contributed by atoms with Gasteiger partial charge in [-0.1, -0.05) is 6.92 Å². The van der Waals surface area contributed by atoms with Crippen LogP contribution in [0, 0.1) is 11.2 Å². The highest BCUT2D eigenvalue weighted by Crippen LogP contribution is 2.28. The Labute approximate surface area is 139 Å². The zero-order chi connectivity index (χ0) is 14.9. The molecule has 0 bridgehead atoms. The van der Waals surface area contributed by atoms with Gasteiger partial charge in [-0.3, -0.25) is 4.79 Å². The Balaban J connectivity index is 0.00000176. The monoisotopic (exact) mass is 342 g/mol. The third-order valence-electron chi connectivity index (χ3n) is 4.19. The molecule has 2 N–H and O–H groups in total. The fourth-order valence-corrected chi connectivity index (χ4v) is 3.67. The van der Waals surface area contributed by atoms with Crippen molar-refractivity contribution in [3.05, 3.63) is 35.0 Å². The molecule has 2 aromatic rings. The lowest BCUT2D eigenvalue weighted by Gasteiger charge is -2.34. The molecule has 1 amide bonds. The van der Waals surface area contributed by atoms with E-state index >= 15 is 0 Å². The summed E-state index contributed by atoms with van der Waals surface area (Å²) in [6.45, 7) is 4.92. The van der Waals surface area contributed by atoms with E-state index in [9.17, 15) is 9.18 Å². The summed E-state index contributed by atoms with van der Waals surface area (Å²) >= 11 is 1.41. The van der Waals surface area contributed by atoms with Gasteiger partial charge in [0, 0.05) is 11.2 Å². The minimum absolute atomic E-state index is 0. The normalized spacial score (nSPS) is 17.0. The summed E-state index contributed by atoms with van der Waals surface area (Å²) in [5, 5.41) is 7.16. The molecule has 1 fully saturated rings. The van der Waals surface area contributed by atoms with Crippen LogP contribution in [0.4, 0.5) is 4.39 Å². The molecule has 3 nitrogen and oxygen atoms in total. The number of hydrogen-bond donors (Lipinski definition) is 2. The molecule has 0 radical (unpaired) electrons. The number of carbonyl (C=O) groups is 1. The molecule has 22 heavy (non-hydrogen) atoms. The van der Waals surface area contributed by atoms with Crippen LogP contribution in [-0.2, 0) is 0 Å². The molecule has 2 heterocycles. The number of benzene rings is 1. The molecular formula is C16H20ClFN2OS. The highest BCUT2D eigenvalue weighted by Gasteiger charge is 2.27. The summed E-state index contributed by atoms with van der Waals surface area (Å²) in [4.78, 5) is 12.9. The Morgan fingerprint density at radius 2 is 2.09 bits per heavy atom. The number of fused-ring (bicyclic) bond motifs is 1. The molecule has 0 unspecified atom stereocenters. The van der Waals surface area contributed by atoms with Gasteiger partial charge in [-0.25, -0.2) is 4.39 Å². The van der Waals surface area contributed by atoms with Crippen molar-refractivity contribution < 1.29 is 9.18 Å². The van der Waals surface area contributed by atoms with Crippen molar-refractivity contribution >= 4 is 39.7 Å². The Kier molecular flexibility index (Phi) is 5.42. The molecule has 0 aliphatic carbocycles. The van der Waals surface area contributed by atoms with E-state index in [0.717, 1.165) is 36.0 Å². The van der Waals surface area contributed by atoms with Gasteiger partial charge in [0.15, 0.2) is 0 Å². The lowest BCUT2D eigenvalue weighted by molar-refractivity contribution is 0.0926. The van der Waals surface area contributed by atoms with Crippen molar-refractivity contribution in [1.82, 2.24) is 10.6 Å². The predicted octanol–water partition coefficient (Wildman–Crippen LogP) is 3.58. The summed E-state index contributed by atoms with van der Waals surface area (Å²) in [7, 11) is 0. The van der Waals surface area contributed by atoms with Crippen LogP contribution in [0.25, 0.3) is 10.1 Å². The highest BCUT2D eigenvalue weighted by atomic mass is 35.5. The number of rotatable bonds is 3. The third kappa shape index (κ3) is 3.77. The molecule has 1 aliphatic rings. The Morgan fingerprint density at radius 3 is 2.82 bits per heavy atom. The number of halogens is 2. The second kappa shape index (κ2) is 6.94. The van der Waals surface area contributed by atoms with Gasteiger partial charge >= 0.3 is 0 Å². The SMILES string of the molecule is CC1(CNC(=O)c2cc3cc(F)ccc3s2)CCNCC1.Cl. The summed E-state index contributed by atoms with van der Waals surface area (Å²) in [6.07, 6.45) is 2.15. The van der Waals surface area contributed by atoms with Crippen molar-refractivity contribution in [3.63, 3.8) is 0 Å². The maximum Gasteiger partial charge on any atom is 0.261 e. The average molecular weight is 343 g/mol. The molecule has 1 aromatic heterocycles. The van der Waals surface area contributed by atoms with Crippen molar-refractivity contribution in [1.29, 1.82) is 0 Å². The second-order valence-corrected chi connectivity index (χ2v) is 7.12. The van der Waals surface area contributed by atoms with Gasteiger partial charge in [-0.15, -0.1) is 23.7 Å². The zero-order valence-corrected chi connectivity index (χ0v) is 14.1. The summed E-state index contributed by atoms with van der Waals surface area (Å²) < 4.78 is 14.1. The van der Waals surface area contributed by atoms with Crippen LogP contribution in [0.3, 0.4) is 0 Å². The average Bonchev–Trinajstić information content (AvgIpc) is 2.88. The number of amides is 1. The topological polar surface area (TPSA) is 41.1 Å². The summed E-state index contributed by atoms with van der Waals surface area (Å²) in [6, 6.07) is 6.39. The third-order valence-corrected chi connectivity index (χ3v) is 5.30. The number of carbonyl (C=O) groups excluding carboxylic acids is 1. The van der Waals surface area contributed by atoms with Crippen LogP contribution in [0.1, 0.15) is 29.4 Å². The molecule has 120 valence electrons. The van der Waals surface area contributed by atoms with Gasteiger partial charge in [0.25, 0.3) is 5.91 Å². The first-order valence-electron chi connectivity index (χ1n) is 7.24. The standard InChI is InChI=1S/C16H19FN2OS.ClH/c1-16(4-6-18-7-5-16)10-19-15(20)14-9-11-8-12(17)2-3-13(11)21-14;/h2-3,8-9,18H,4-7,10H2,1H3,(H,19,20);1H. The Morgan fingerprint density at radius 1 is 1.36 bits per heavy atom. The molecular weight excluding hydrogens is 323 g/mol. The molecule has 0 atom stereocenters. The van der Waals surface area contributed by atoms with E-state index in [1.165, 1.54) is 23.5 Å². The highest BCUT2D eigenvalue weighted by molar-refractivity contribution is 7.20. The molecule has 6 heteroatoms. The summed E-state index contributed by atoms with van der Waals surface area (Å²) in [5.74, 6) is -0.328. The smallest absolute Gasteiger partial charge is 0.261 e. The van der Waals surface area contributed by atoms with E-state index < -0.39 is 0 Å².